The van der Waals surface area contributed by atoms with E-state index in [4.69, 9.17) is 16.3 Å². The highest BCUT2D eigenvalue weighted by molar-refractivity contribution is 7.90. The molecular weight excluding hydrogens is 432 g/mol. The molecule has 0 bridgehead atoms. The highest BCUT2D eigenvalue weighted by Gasteiger charge is 2.26. The lowest BCUT2D eigenvalue weighted by Crippen LogP contribution is -2.33. The molecule has 2 N–H and O–H groups in total. The third kappa shape index (κ3) is 6.14. The van der Waals surface area contributed by atoms with Gasteiger partial charge in [0.15, 0.2) is 5.69 Å². The molecule has 1 heterocycles. The number of aromatic nitrogens is 2. The van der Waals surface area contributed by atoms with Crippen molar-refractivity contribution in [3.05, 3.63) is 41.2 Å². The lowest BCUT2D eigenvalue weighted by Gasteiger charge is -2.20. The van der Waals surface area contributed by atoms with Crippen molar-refractivity contribution in [2.24, 2.45) is 5.92 Å². The van der Waals surface area contributed by atoms with E-state index >= 15 is 0 Å². The Bertz CT molecular complexity index is 1040. The Morgan fingerprint density at radius 2 is 1.87 bits per heavy atom. The average molecular weight is 455 g/mol. The van der Waals surface area contributed by atoms with E-state index in [-0.39, 0.29) is 17.3 Å². The lowest BCUT2D eigenvalue weighted by molar-refractivity contribution is -0.141. The second-order valence-electron chi connectivity index (χ2n) is 6.97. The molecular formula is C19H23ClN4O5S. The minimum atomic E-state index is -3.77. The summed E-state index contributed by atoms with van der Waals surface area (Å²) in [5.74, 6) is -1.11. The summed E-state index contributed by atoms with van der Waals surface area (Å²) < 4.78 is 28.6. The zero-order valence-electron chi connectivity index (χ0n) is 17.0. The summed E-state index contributed by atoms with van der Waals surface area (Å²) in [7, 11) is -2.52. The molecule has 0 aliphatic heterocycles. The van der Waals surface area contributed by atoms with Crippen LogP contribution >= 0.6 is 11.6 Å². The number of halogens is 1. The van der Waals surface area contributed by atoms with Crippen molar-refractivity contribution in [2.75, 3.05) is 24.0 Å². The van der Waals surface area contributed by atoms with E-state index in [1.54, 1.807) is 24.3 Å². The number of sulfone groups is 1. The monoisotopic (exact) mass is 454 g/mol. The number of carbonyl (C=O) groups is 2. The van der Waals surface area contributed by atoms with Crippen molar-refractivity contribution < 1.29 is 22.7 Å². The van der Waals surface area contributed by atoms with Crippen molar-refractivity contribution in [1.82, 2.24) is 9.97 Å². The molecule has 0 saturated heterocycles. The molecule has 1 aromatic heterocycles. The number of nitrogens with one attached hydrogen (secondary N) is 2. The fourth-order valence-electron chi connectivity index (χ4n) is 2.58. The molecule has 0 fully saturated rings. The van der Waals surface area contributed by atoms with Crippen LogP contribution in [0.15, 0.2) is 35.6 Å². The van der Waals surface area contributed by atoms with Gasteiger partial charge in [-0.05, 0) is 24.5 Å². The molecule has 1 aromatic carbocycles. The van der Waals surface area contributed by atoms with Crippen LogP contribution < -0.4 is 10.6 Å². The fraction of sp³-hybridized carbons (Fsp3) is 0.368. The summed E-state index contributed by atoms with van der Waals surface area (Å²) in [6.45, 7) is 3.85. The molecule has 0 saturated carbocycles. The number of anilines is 2. The molecule has 2 rings (SSSR count). The molecule has 0 aliphatic carbocycles. The number of amides is 1. The Balaban J connectivity index is 2.48. The van der Waals surface area contributed by atoms with Crippen molar-refractivity contribution in [3.63, 3.8) is 0 Å². The van der Waals surface area contributed by atoms with Crippen LogP contribution in [0.5, 0.6) is 0 Å². The summed E-state index contributed by atoms with van der Waals surface area (Å²) in [5.41, 5.74) is 0.160. The molecule has 1 amide bonds. The summed E-state index contributed by atoms with van der Waals surface area (Å²) in [5, 5.41) is 5.27. The van der Waals surface area contributed by atoms with Crippen LogP contribution in [0.3, 0.4) is 0 Å². The van der Waals surface area contributed by atoms with Gasteiger partial charge in [0, 0.05) is 6.26 Å². The molecule has 1 atom stereocenters. The highest BCUT2D eigenvalue weighted by atomic mass is 35.5. The lowest BCUT2D eigenvalue weighted by atomic mass is 10.0. The van der Waals surface area contributed by atoms with E-state index in [1.165, 1.54) is 7.11 Å². The van der Waals surface area contributed by atoms with Gasteiger partial charge in [-0.2, -0.15) is 0 Å². The van der Waals surface area contributed by atoms with Crippen LogP contribution in [0.4, 0.5) is 11.4 Å². The summed E-state index contributed by atoms with van der Waals surface area (Å²) in [6, 6.07) is 5.77. The predicted molar refractivity (Wildman–Crippen MR) is 113 cm³/mol. The highest BCUT2D eigenvalue weighted by Crippen LogP contribution is 2.24. The normalized spacial score (nSPS) is 12.3. The number of esters is 1. The molecule has 162 valence electrons. The first-order valence-electron chi connectivity index (χ1n) is 9.00. The Labute approximate surface area is 180 Å². The van der Waals surface area contributed by atoms with E-state index in [0.29, 0.717) is 17.1 Å². The van der Waals surface area contributed by atoms with Gasteiger partial charge >= 0.3 is 5.97 Å². The molecule has 11 heteroatoms. The van der Waals surface area contributed by atoms with Gasteiger partial charge in [-0.3, -0.25) is 4.79 Å². The number of hydrogen-bond donors (Lipinski definition) is 2. The average Bonchev–Trinajstić information content (AvgIpc) is 2.67. The van der Waals surface area contributed by atoms with Crippen LogP contribution in [0, 0.1) is 5.92 Å². The molecule has 0 aliphatic rings. The van der Waals surface area contributed by atoms with E-state index in [9.17, 15) is 18.0 Å². The molecule has 0 spiro atoms. The maximum Gasteiger partial charge on any atom is 0.328 e. The minimum Gasteiger partial charge on any atom is -0.467 e. The number of rotatable bonds is 8. The number of carbonyl (C=O) groups excluding carboxylic acids is 2. The second kappa shape index (κ2) is 9.86. The van der Waals surface area contributed by atoms with Crippen molar-refractivity contribution in [3.8, 4) is 0 Å². The maximum atomic E-state index is 12.9. The van der Waals surface area contributed by atoms with Gasteiger partial charge in [-0.15, -0.1) is 0 Å². The van der Waals surface area contributed by atoms with Gasteiger partial charge in [0.1, 0.15) is 6.04 Å². The summed E-state index contributed by atoms with van der Waals surface area (Å²) in [6.07, 6.45) is 2.49. The third-order valence-corrected chi connectivity index (χ3v) is 5.15. The first kappa shape index (κ1) is 23.6. The van der Waals surface area contributed by atoms with Crippen molar-refractivity contribution >= 4 is 44.7 Å². The third-order valence-electron chi connectivity index (χ3n) is 3.96. The number of hydrogen-bond acceptors (Lipinski definition) is 8. The van der Waals surface area contributed by atoms with Crippen molar-refractivity contribution in [1.29, 1.82) is 0 Å². The van der Waals surface area contributed by atoms with Crippen LogP contribution in [0.2, 0.25) is 5.02 Å². The van der Waals surface area contributed by atoms with E-state index in [2.05, 4.69) is 20.6 Å². The first-order valence-corrected chi connectivity index (χ1v) is 11.3. The Morgan fingerprint density at radius 1 is 1.20 bits per heavy atom. The summed E-state index contributed by atoms with van der Waals surface area (Å²) in [4.78, 5) is 32.8. The van der Waals surface area contributed by atoms with E-state index in [0.717, 1.165) is 12.5 Å². The zero-order chi connectivity index (χ0) is 22.5. The first-order chi connectivity index (χ1) is 14.0. The Hall–Kier alpha value is -2.72. The largest absolute Gasteiger partial charge is 0.467 e. The minimum absolute atomic E-state index is 0.0861. The van der Waals surface area contributed by atoms with Crippen LogP contribution in [0.25, 0.3) is 0 Å². The standard InChI is InChI=1S/C19H23ClN4O5S/c1-11(2)9-14(18(26)29-3)22-15-10-21-19(30(4,27)28)24-16(15)17(25)23-13-8-6-5-7-12(13)20/h5-8,10-11,14,22H,9H2,1-4H3,(H,23,25). The van der Waals surface area contributed by atoms with Gasteiger partial charge in [-0.1, -0.05) is 37.6 Å². The Morgan fingerprint density at radius 3 is 2.43 bits per heavy atom. The second-order valence-corrected chi connectivity index (χ2v) is 9.29. The van der Waals surface area contributed by atoms with Gasteiger partial charge in [0.2, 0.25) is 15.0 Å². The molecule has 9 nitrogen and oxygen atoms in total. The number of nitrogens with zero attached hydrogens (tertiary/aromatic N) is 2. The van der Waals surface area contributed by atoms with Crippen LogP contribution in [-0.2, 0) is 19.4 Å². The van der Waals surface area contributed by atoms with E-state index in [1.807, 2.05) is 13.8 Å². The smallest absolute Gasteiger partial charge is 0.328 e. The number of benzene rings is 1. The van der Waals surface area contributed by atoms with Gasteiger partial charge in [0.05, 0.1) is 29.7 Å². The zero-order valence-corrected chi connectivity index (χ0v) is 18.5. The Kier molecular flexibility index (Phi) is 7.74. The molecule has 1 unspecified atom stereocenters. The molecule has 0 radical (unpaired) electrons. The van der Waals surface area contributed by atoms with Gasteiger partial charge in [0.25, 0.3) is 5.91 Å². The fourth-order valence-corrected chi connectivity index (χ4v) is 3.27. The van der Waals surface area contributed by atoms with Crippen LogP contribution in [-0.4, -0.2) is 49.7 Å². The summed E-state index contributed by atoms with van der Waals surface area (Å²) >= 11 is 6.08. The molecule has 30 heavy (non-hydrogen) atoms. The van der Waals surface area contributed by atoms with Crippen molar-refractivity contribution in [2.45, 2.75) is 31.5 Å². The number of ether oxygens (including phenoxy) is 1. The van der Waals surface area contributed by atoms with Crippen LogP contribution in [0.1, 0.15) is 30.8 Å². The van der Waals surface area contributed by atoms with E-state index < -0.39 is 32.9 Å². The van der Waals surface area contributed by atoms with Gasteiger partial charge < -0.3 is 15.4 Å². The number of para-hydroxylation sites is 1. The maximum absolute atomic E-state index is 12.9. The molecule has 2 aromatic rings. The predicted octanol–water partition coefficient (Wildman–Crippen LogP) is 2.79. The quantitative estimate of drug-likeness (QED) is 0.460. The number of methoxy groups -OCH3 is 1. The SMILES string of the molecule is COC(=O)C(CC(C)C)Nc1cnc(S(C)(=O)=O)nc1C(=O)Nc1ccccc1Cl. The van der Waals surface area contributed by atoms with Gasteiger partial charge in [-0.25, -0.2) is 23.2 Å². The topological polar surface area (TPSA) is 127 Å².